The van der Waals surface area contributed by atoms with E-state index in [0.29, 0.717) is 24.7 Å². The fourth-order valence-electron chi connectivity index (χ4n) is 3.05. The summed E-state index contributed by atoms with van der Waals surface area (Å²) >= 11 is 0. The lowest BCUT2D eigenvalue weighted by Gasteiger charge is -2.28. The van der Waals surface area contributed by atoms with E-state index in [4.69, 9.17) is 15.2 Å². The lowest BCUT2D eigenvalue weighted by Crippen LogP contribution is -2.47. The van der Waals surface area contributed by atoms with Gasteiger partial charge in [-0.3, -0.25) is 9.59 Å². The van der Waals surface area contributed by atoms with Crippen LogP contribution in [0.5, 0.6) is 5.75 Å². The second kappa shape index (κ2) is 8.51. The Balaban J connectivity index is 0.00000225. The molecule has 25 heavy (non-hydrogen) atoms. The van der Waals surface area contributed by atoms with Crippen molar-refractivity contribution >= 4 is 29.9 Å². The number of anilines is 1. The summed E-state index contributed by atoms with van der Waals surface area (Å²) in [6, 6.07) is 4.74. The van der Waals surface area contributed by atoms with Crippen molar-refractivity contribution in [3.8, 4) is 5.75 Å². The third-order valence-electron chi connectivity index (χ3n) is 4.57. The molecule has 0 bridgehead atoms. The summed E-state index contributed by atoms with van der Waals surface area (Å²) in [6.45, 7) is 3.23. The molecule has 0 aliphatic carbocycles. The van der Waals surface area contributed by atoms with Crippen molar-refractivity contribution < 1.29 is 19.1 Å². The standard InChI is InChI=1S/C17H23N3O4.ClH/c1-10(19-17(22)16(18)11-4-6-23-7-5-11)12-2-3-14-13(8-12)20-15(21)9-24-14;/h2-3,8,10-11,16H,4-7,9,18H2,1H3,(H,19,22)(H,20,21);1H. The van der Waals surface area contributed by atoms with Crippen LogP contribution in [0.25, 0.3) is 0 Å². The Morgan fingerprint density at radius 2 is 2.08 bits per heavy atom. The van der Waals surface area contributed by atoms with Gasteiger partial charge < -0.3 is 25.8 Å². The van der Waals surface area contributed by atoms with Crippen LogP contribution in [-0.2, 0) is 14.3 Å². The average Bonchev–Trinajstić information content (AvgIpc) is 2.61. The van der Waals surface area contributed by atoms with Crippen molar-refractivity contribution in [2.75, 3.05) is 25.1 Å². The zero-order chi connectivity index (χ0) is 17.1. The Morgan fingerprint density at radius 3 is 2.80 bits per heavy atom. The van der Waals surface area contributed by atoms with Gasteiger partial charge in [-0.2, -0.15) is 0 Å². The first-order valence-electron chi connectivity index (χ1n) is 8.25. The maximum absolute atomic E-state index is 12.4. The number of amides is 2. The summed E-state index contributed by atoms with van der Waals surface area (Å²) in [7, 11) is 0. The van der Waals surface area contributed by atoms with E-state index in [-0.39, 0.29) is 42.8 Å². The van der Waals surface area contributed by atoms with Gasteiger partial charge in [-0.1, -0.05) is 6.07 Å². The number of carbonyl (C=O) groups is 2. The predicted octanol–water partition coefficient (Wildman–Crippen LogP) is 1.37. The molecule has 8 heteroatoms. The molecule has 7 nitrogen and oxygen atoms in total. The molecule has 1 fully saturated rings. The highest BCUT2D eigenvalue weighted by atomic mass is 35.5. The van der Waals surface area contributed by atoms with Gasteiger partial charge in [0, 0.05) is 13.2 Å². The predicted molar refractivity (Wildman–Crippen MR) is 95.9 cm³/mol. The van der Waals surface area contributed by atoms with Gasteiger partial charge in [0.25, 0.3) is 5.91 Å². The molecule has 0 aromatic heterocycles. The lowest BCUT2D eigenvalue weighted by atomic mass is 9.91. The quantitative estimate of drug-likeness (QED) is 0.743. The van der Waals surface area contributed by atoms with Gasteiger partial charge in [-0.15, -0.1) is 12.4 Å². The number of hydrogen-bond donors (Lipinski definition) is 3. The van der Waals surface area contributed by atoms with E-state index in [1.807, 2.05) is 19.1 Å². The number of rotatable bonds is 4. The van der Waals surface area contributed by atoms with Crippen LogP contribution >= 0.6 is 12.4 Å². The Kier molecular flexibility index (Phi) is 6.64. The van der Waals surface area contributed by atoms with E-state index in [2.05, 4.69) is 10.6 Å². The van der Waals surface area contributed by atoms with Crippen LogP contribution in [0.2, 0.25) is 0 Å². The van der Waals surface area contributed by atoms with Gasteiger partial charge in [0.2, 0.25) is 5.91 Å². The summed E-state index contributed by atoms with van der Waals surface area (Å²) in [4.78, 5) is 23.8. The number of nitrogens with one attached hydrogen (secondary N) is 2. The number of hydrogen-bond acceptors (Lipinski definition) is 5. The Morgan fingerprint density at radius 1 is 1.36 bits per heavy atom. The van der Waals surface area contributed by atoms with Gasteiger partial charge in [-0.25, -0.2) is 0 Å². The third-order valence-corrected chi connectivity index (χ3v) is 4.57. The minimum absolute atomic E-state index is 0. The van der Waals surface area contributed by atoms with Crippen molar-refractivity contribution in [3.63, 3.8) is 0 Å². The first-order valence-corrected chi connectivity index (χ1v) is 8.25. The van der Waals surface area contributed by atoms with E-state index in [0.717, 1.165) is 18.4 Å². The van der Waals surface area contributed by atoms with Crippen LogP contribution in [0, 0.1) is 5.92 Å². The molecule has 1 aromatic rings. The van der Waals surface area contributed by atoms with Crippen LogP contribution in [0.4, 0.5) is 5.69 Å². The van der Waals surface area contributed by atoms with E-state index in [1.54, 1.807) is 6.07 Å². The molecule has 2 atom stereocenters. The molecule has 2 aliphatic heterocycles. The smallest absolute Gasteiger partial charge is 0.262 e. The zero-order valence-electron chi connectivity index (χ0n) is 14.1. The number of fused-ring (bicyclic) bond motifs is 1. The average molecular weight is 370 g/mol. The molecule has 138 valence electrons. The largest absolute Gasteiger partial charge is 0.482 e. The summed E-state index contributed by atoms with van der Waals surface area (Å²) in [5.74, 6) is 0.447. The summed E-state index contributed by atoms with van der Waals surface area (Å²) in [5.41, 5.74) is 7.61. The van der Waals surface area contributed by atoms with Gasteiger partial charge in [-0.05, 0) is 43.4 Å². The van der Waals surface area contributed by atoms with Crippen LogP contribution < -0.4 is 21.1 Å². The SMILES string of the molecule is CC(NC(=O)C(N)C1CCOCC1)c1ccc2c(c1)NC(=O)CO2.Cl. The van der Waals surface area contributed by atoms with E-state index in [9.17, 15) is 9.59 Å². The fraction of sp³-hybridized carbons (Fsp3) is 0.529. The topological polar surface area (TPSA) is 103 Å². The second-order valence-electron chi connectivity index (χ2n) is 6.30. The molecule has 3 rings (SSSR count). The van der Waals surface area contributed by atoms with Gasteiger partial charge >= 0.3 is 0 Å². The molecule has 1 saturated heterocycles. The van der Waals surface area contributed by atoms with Crippen LogP contribution in [0.15, 0.2) is 18.2 Å². The highest BCUT2D eigenvalue weighted by molar-refractivity contribution is 5.95. The molecule has 2 heterocycles. The molecule has 1 aromatic carbocycles. The first kappa shape index (κ1) is 19.5. The second-order valence-corrected chi connectivity index (χ2v) is 6.30. The van der Waals surface area contributed by atoms with Crippen molar-refractivity contribution in [3.05, 3.63) is 23.8 Å². The van der Waals surface area contributed by atoms with E-state index in [1.165, 1.54) is 0 Å². The summed E-state index contributed by atoms with van der Waals surface area (Å²) in [6.07, 6.45) is 1.62. The number of benzene rings is 1. The van der Waals surface area contributed by atoms with Gasteiger partial charge in [0.1, 0.15) is 5.75 Å². The maximum Gasteiger partial charge on any atom is 0.262 e. The first-order chi connectivity index (χ1) is 11.5. The zero-order valence-corrected chi connectivity index (χ0v) is 14.9. The Bertz CT molecular complexity index is 634. The molecule has 4 N–H and O–H groups in total. The molecule has 0 radical (unpaired) electrons. The molecule has 2 amide bonds. The van der Waals surface area contributed by atoms with Gasteiger partial charge in [0.05, 0.1) is 17.8 Å². The minimum atomic E-state index is -0.531. The molecule has 2 aliphatic rings. The molecule has 0 spiro atoms. The van der Waals surface area contributed by atoms with Crippen LogP contribution in [0.1, 0.15) is 31.4 Å². The number of nitrogens with two attached hydrogens (primary N) is 1. The van der Waals surface area contributed by atoms with Crippen LogP contribution in [0.3, 0.4) is 0 Å². The highest BCUT2D eigenvalue weighted by Crippen LogP contribution is 2.30. The van der Waals surface area contributed by atoms with E-state index < -0.39 is 6.04 Å². The Hall–Kier alpha value is -1.83. The van der Waals surface area contributed by atoms with Crippen molar-refractivity contribution in [2.24, 2.45) is 11.7 Å². The van der Waals surface area contributed by atoms with Gasteiger partial charge in [0.15, 0.2) is 6.61 Å². The third kappa shape index (κ3) is 4.62. The summed E-state index contributed by atoms with van der Waals surface area (Å²) in [5, 5.41) is 5.72. The van der Waals surface area contributed by atoms with E-state index >= 15 is 0 Å². The number of halogens is 1. The molecular weight excluding hydrogens is 346 g/mol. The Labute approximate surface area is 153 Å². The maximum atomic E-state index is 12.4. The highest BCUT2D eigenvalue weighted by Gasteiger charge is 2.27. The summed E-state index contributed by atoms with van der Waals surface area (Å²) < 4.78 is 10.6. The monoisotopic (exact) mass is 369 g/mol. The lowest BCUT2D eigenvalue weighted by molar-refractivity contribution is -0.125. The normalized spacial score (nSPS) is 19.5. The minimum Gasteiger partial charge on any atom is -0.482 e. The van der Waals surface area contributed by atoms with Crippen molar-refractivity contribution in [1.29, 1.82) is 0 Å². The number of ether oxygens (including phenoxy) is 2. The van der Waals surface area contributed by atoms with Crippen molar-refractivity contribution in [2.45, 2.75) is 31.8 Å². The fourth-order valence-corrected chi connectivity index (χ4v) is 3.05. The van der Waals surface area contributed by atoms with Crippen LogP contribution in [-0.4, -0.2) is 37.7 Å². The molecule has 2 unspecified atom stereocenters. The van der Waals surface area contributed by atoms with Crippen molar-refractivity contribution in [1.82, 2.24) is 5.32 Å². The molecular formula is C17H24ClN3O4. The number of carbonyl (C=O) groups excluding carboxylic acids is 2. The molecule has 0 saturated carbocycles.